The Morgan fingerprint density at radius 2 is 1.78 bits per heavy atom. The Labute approximate surface area is 106 Å². The van der Waals surface area contributed by atoms with Gasteiger partial charge in [-0.1, -0.05) is 20.8 Å². The minimum absolute atomic E-state index is 0.150. The van der Waals surface area contributed by atoms with Crippen LogP contribution < -0.4 is 16.0 Å². The van der Waals surface area contributed by atoms with Gasteiger partial charge in [-0.25, -0.2) is 9.59 Å². The highest BCUT2D eigenvalue weighted by molar-refractivity contribution is 5.83. The maximum atomic E-state index is 11.5. The second-order valence-corrected chi connectivity index (χ2v) is 4.96. The van der Waals surface area contributed by atoms with Crippen LogP contribution in [0.2, 0.25) is 0 Å². The Morgan fingerprint density at radius 1 is 1.22 bits per heavy atom. The van der Waals surface area contributed by atoms with Gasteiger partial charge in [-0.15, -0.1) is 0 Å². The monoisotopic (exact) mass is 259 g/mol. The number of carboxylic acid groups (broad SMARTS) is 1. The number of nitrogens with one attached hydrogen (secondary N) is 3. The van der Waals surface area contributed by atoms with Crippen molar-refractivity contribution in [2.45, 2.75) is 33.2 Å². The van der Waals surface area contributed by atoms with E-state index in [1.54, 1.807) is 20.8 Å². The third kappa shape index (κ3) is 6.07. The molecule has 7 nitrogen and oxygen atoms in total. The maximum absolute atomic E-state index is 11.5. The zero-order chi connectivity index (χ0) is 14.3. The number of hydrogen-bond acceptors (Lipinski definition) is 3. The Balaban J connectivity index is 4.20. The second-order valence-electron chi connectivity index (χ2n) is 4.96. The number of urea groups is 1. The van der Waals surface area contributed by atoms with Crippen LogP contribution in [0.5, 0.6) is 0 Å². The third-order valence-electron chi connectivity index (χ3n) is 2.30. The van der Waals surface area contributed by atoms with E-state index in [2.05, 4.69) is 16.0 Å². The first-order valence-electron chi connectivity index (χ1n) is 5.66. The fourth-order valence-corrected chi connectivity index (χ4v) is 1.25. The molecule has 0 fully saturated rings. The summed E-state index contributed by atoms with van der Waals surface area (Å²) < 4.78 is 0. The summed E-state index contributed by atoms with van der Waals surface area (Å²) in [7, 11) is 1.50. The minimum atomic E-state index is -1.09. The SMILES string of the molecule is CNC(=O)CCNC(=O)N[C@@H](C(=O)O)C(C)(C)C. The van der Waals surface area contributed by atoms with E-state index >= 15 is 0 Å². The molecule has 0 aromatic rings. The number of carboxylic acids is 1. The molecule has 0 spiro atoms. The van der Waals surface area contributed by atoms with E-state index in [1.165, 1.54) is 7.05 Å². The molecule has 0 saturated heterocycles. The number of carbonyl (C=O) groups is 3. The van der Waals surface area contributed by atoms with E-state index in [0.29, 0.717) is 0 Å². The van der Waals surface area contributed by atoms with Crippen LogP contribution >= 0.6 is 0 Å². The van der Waals surface area contributed by atoms with Crippen LogP contribution in [-0.4, -0.2) is 42.6 Å². The molecule has 0 rings (SSSR count). The summed E-state index contributed by atoms with van der Waals surface area (Å²) in [4.78, 5) is 33.4. The van der Waals surface area contributed by atoms with Crippen molar-refractivity contribution < 1.29 is 19.5 Å². The first-order valence-corrected chi connectivity index (χ1v) is 5.66. The third-order valence-corrected chi connectivity index (χ3v) is 2.30. The van der Waals surface area contributed by atoms with E-state index < -0.39 is 23.5 Å². The number of carbonyl (C=O) groups excluding carboxylic acids is 2. The lowest BCUT2D eigenvalue weighted by Gasteiger charge is -2.27. The van der Waals surface area contributed by atoms with Gasteiger partial charge >= 0.3 is 12.0 Å². The number of aliphatic carboxylic acids is 1. The molecule has 104 valence electrons. The number of amides is 3. The smallest absolute Gasteiger partial charge is 0.326 e. The minimum Gasteiger partial charge on any atom is -0.480 e. The first kappa shape index (κ1) is 16.2. The van der Waals surface area contributed by atoms with E-state index in [-0.39, 0.29) is 18.9 Å². The number of hydrogen-bond donors (Lipinski definition) is 4. The van der Waals surface area contributed by atoms with Gasteiger partial charge in [-0.05, 0) is 5.41 Å². The Morgan fingerprint density at radius 3 is 2.17 bits per heavy atom. The molecular weight excluding hydrogens is 238 g/mol. The highest BCUT2D eigenvalue weighted by Crippen LogP contribution is 2.19. The summed E-state index contributed by atoms with van der Waals surface area (Å²) in [5.41, 5.74) is -0.593. The molecular formula is C11H21N3O4. The molecule has 0 aromatic heterocycles. The van der Waals surface area contributed by atoms with Crippen LogP contribution in [0.1, 0.15) is 27.2 Å². The van der Waals surface area contributed by atoms with E-state index in [4.69, 9.17) is 5.11 Å². The standard InChI is InChI=1S/C11H21N3O4/c1-11(2,3)8(9(16)17)14-10(18)13-6-5-7(15)12-4/h8H,5-6H2,1-4H3,(H,12,15)(H,16,17)(H2,13,14,18)/t8-/m0/s1. The van der Waals surface area contributed by atoms with Gasteiger partial charge in [0.25, 0.3) is 0 Å². The maximum Gasteiger partial charge on any atom is 0.326 e. The van der Waals surface area contributed by atoms with Crippen LogP contribution in [-0.2, 0) is 9.59 Å². The van der Waals surface area contributed by atoms with Crippen molar-refractivity contribution in [3.05, 3.63) is 0 Å². The van der Waals surface area contributed by atoms with Crippen molar-refractivity contribution in [3.8, 4) is 0 Å². The summed E-state index contributed by atoms with van der Waals surface area (Å²) in [6.45, 7) is 5.31. The van der Waals surface area contributed by atoms with Gasteiger partial charge in [0, 0.05) is 20.0 Å². The Bertz CT molecular complexity index is 323. The van der Waals surface area contributed by atoms with Crippen molar-refractivity contribution in [1.82, 2.24) is 16.0 Å². The molecule has 18 heavy (non-hydrogen) atoms. The summed E-state index contributed by atoms with van der Waals surface area (Å²) >= 11 is 0. The van der Waals surface area contributed by atoms with Crippen molar-refractivity contribution in [2.75, 3.05) is 13.6 Å². The highest BCUT2D eigenvalue weighted by atomic mass is 16.4. The molecule has 0 saturated carbocycles. The van der Waals surface area contributed by atoms with Gasteiger partial charge in [0.15, 0.2) is 0 Å². The average Bonchev–Trinajstić information content (AvgIpc) is 2.23. The van der Waals surface area contributed by atoms with Gasteiger partial charge in [-0.2, -0.15) is 0 Å². The Kier molecular flexibility index (Phi) is 6.15. The van der Waals surface area contributed by atoms with E-state index in [9.17, 15) is 14.4 Å². The summed E-state index contributed by atoms with van der Waals surface area (Å²) in [6, 6.07) is -1.58. The molecule has 0 heterocycles. The normalized spacial score (nSPS) is 12.4. The molecule has 0 aliphatic carbocycles. The van der Waals surface area contributed by atoms with Crippen LogP contribution in [0, 0.1) is 5.41 Å². The van der Waals surface area contributed by atoms with Crippen molar-refractivity contribution in [1.29, 1.82) is 0 Å². The van der Waals surface area contributed by atoms with Gasteiger partial charge in [0.05, 0.1) is 0 Å². The summed E-state index contributed by atoms with van der Waals surface area (Å²) in [5, 5.41) is 16.2. The lowest BCUT2D eigenvalue weighted by molar-refractivity contribution is -0.141. The van der Waals surface area contributed by atoms with Crippen LogP contribution in [0.4, 0.5) is 4.79 Å². The second kappa shape index (κ2) is 6.83. The molecule has 7 heteroatoms. The van der Waals surface area contributed by atoms with E-state index in [1.807, 2.05) is 0 Å². The quantitative estimate of drug-likeness (QED) is 0.554. The predicted molar refractivity (Wildman–Crippen MR) is 66.1 cm³/mol. The van der Waals surface area contributed by atoms with Crippen LogP contribution in [0.3, 0.4) is 0 Å². The topological polar surface area (TPSA) is 108 Å². The average molecular weight is 259 g/mol. The predicted octanol–water partition coefficient (Wildman–Crippen LogP) is -0.0790. The zero-order valence-electron chi connectivity index (χ0n) is 11.2. The molecule has 4 N–H and O–H groups in total. The van der Waals surface area contributed by atoms with E-state index in [0.717, 1.165) is 0 Å². The van der Waals surface area contributed by atoms with Crippen LogP contribution in [0.15, 0.2) is 0 Å². The molecule has 0 radical (unpaired) electrons. The zero-order valence-corrected chi connectivity index (χ0v) is 11.2. The lowest BCUT2D eigenvalue weighted by Crippen LogP contribution is -2.52. The number of rotatable bonds is 5. The molecule has 3 amide bonds. The molecule has 0 aromatic carbocycles. The van der Waals surface area contributed by atoms with Crippen LogP contribution in [0.25, 0.3) is 0 Å². The summed E-state index contributed by atoms with van der Waals surface area (Å²) in [5.74, 6) is -1.29. The fraction of sp³-hybridized carbons (Fsp3) is 0.727. The largest absolute Gasteiger partial charge is 0.480 e. The lowest BCUT2D eigenvalue weighted by atomic mass is 9.87. The van der Waals surface area contributed by atoms with Crippen molar-refractivity contribution in [3.63, 3.8) is 0 Å². The highest BCUT2D eigenvalue weighted by Gasteiger charge is 2.32. The van der Waals surface area contributed by atoms with Crippen molar-refractivity contribution in [2.24, 2.45) is 5.41 Å². The van der Waals surface area contributed by atoms with Gasteiger partial charge < -0.3 is 21.1 Å². The van der Waals surface area contributed by atoms with Gasteiger partial charge in [0.2, 0.25) is 5.91 Å². The van der Waals surface area contributed by atoms with Crippen molar-refractivity contribution >= 4 is 17.9 Å². The molecule has 1 atom stereocenters. The molecule has 0 aliphatic heterocycles. The Hall–Kier alpha value is -1.79. The summed E-state index contributed by atoms with van der Waals surface area (Å²) in [6.07, 6.45) is 0.150. The molecule has 0 bridgehead atoms. The fourth-order valence-electron chi connectivity index (χ4n) is 1.25. The molecule has 0 unspecified atom stereocenters. The van der Waals surface area contributed by atoms with Gasteiger partial charge in [0.1, 0.15) is 6.04 Å². The molecule has 0 aliphatic rings. The van der Waals surface area contributed by atoms with Gasteiger partial charge in [-0.3, -0.25) is 4.79 Å². The first-order chi connectivity index (χ1) is 8.18.